The van der Waals surface area contributed by atoms with Gasteiger partial charge in [0.1, 0.15) is 0 Å². The highest BCUT2D eigenvalue weighted by atomic mass is 79.9. The molecule has 1 atom stereocenters. The molecule has 2 aromatic carbocycles. The number of anilines is 2. The lowest BCUT2D eigenvalue weighted by Gasteiger charge is -2.28. The van der Waals surface area contributed by atoms with Crippen LogP contribution >= 0.6 is 15.9 Å². The van der Waals surface area contributed by atoms with Gasteiger partial charge in [-0.15, -0.1) is 0 Å². The normalized spacial score (nSPS) is 15.6. The van der Waals surface area contributed by atoms with Crippen LogP contribution in [0.4, 0.5) is 11.4 Å². The molecule has 1 heterocycles. The lowest BCUT2D eigenvalue weighted by molar-refractivity contribution is -0.126. The fourth-order valence-electron chi connectivity index (χ4n) is 2.63. The first-order chi connectivity index (χ1) is 13.1. The Bertz CT molecular complexity index is 789. The molecule has 3 rings (SSSR count). The summed E-state index contributed by atoms with van der Waals surface area (Å²) < 4.78 is 6.26. The molecule has 27 heavy (non-hydrogen) atoms. The maximum Gasteiger partial charge on any atom is 0.267 e. The molecule has 1 saturated heterocycles. The minimum Gasteiger partial charge on any atom is -0.383 e. The van der Waals surface area contributed by atoms with E-state index in [4.69, 9.17) is 9.57 Å². The molecule has 1 fully saturated rings. The van der Waals surface area contributed by atoms with E-state index in [1.54, 1.807) is 13.1 Å². The van der Waals surface area contributed by atoms with Gasteiger partial charge in [0.05, 0.1) is 19.4 Å². The fraction of sp³-hybridized carbons (Fsp3) is 0.300. The summed E-state index contributed by atoms with van der Waals surface area (Å²) in [5.74, 6) is -0.257. The van der Waals surface area contributed by atoms with E-state index in [9.17, 15) is 4.79 Å². The molecule has 6 nitrogen and oxygen atoms in total. The summed E-state index contributed by atoms with van der Waals surface area (Å²) in [6.45, 7) is 4.99. The largest absolute Gasteiger partial charge is 0.383 e. The van der Waals surface area contributed by atoms with Gasteiger partial charge in [-0.25, -0.2) is 0 Å². The Morgan fingerprint density at radius 1 is 1.26 bits per heavy atom. The zero-order valence-electron chi connectivity index (χ0n) is 15.1. The van der Waals surface area contributed by atoms with Gasteiger partial charge in [0.2, 0.25) is 6.10 Å². The third-order valence-electron chi connectivity index (χ3n) is 4.15. The molecule has 1 amide bonds. The van der Waals surface area contributed by atoms with Gasteiger partial charge in [-0.3, -0.25) is 4.79 Å². The number of benzene rings is 2. The summed E-state index contributed by atoms with van der Waals surface area (Å²) in [6.07, 6.45) is 0.902. The zero-order valence-corrected chi connectivity index (χ0v) is 16.7. The Morgan fingerprint density at radius 2 is 2.00 bits per heavy atom. The number of carbonyl (C=O) groups excluding carboxylic acids is 1. The molecule has 142 valence electrons. The number of carbonyl (C=O) groups is 1. The van der Waals surface area contributed by atoms with Gasteiger partial charge in [-0.1, -0.05) is 39.3 Å². The smallest absolute Gasteiger partial charge is 0.267 e. The number of halogens is 1. The second-order valence-electron chi connectivity index (χ2n) is 6.17. The zero-order chi connectivity index (χ0) is 19.1. The lowest BCUT2D eigenvalue weighted by Crippen LogP contribution is -2.36. The molecule has 1 N–H and O–H groups in total. The highest BCUT2D eigenvalue weighted by Crippen LogP contribution is 2.17. The summed E-state index contributed by atoms with van der Waals surface area (Å²) in [5, 5.41) is 6.73. The topological polar surface area (TPSA) is 63.2 Å². The van der Waals surface area contributed by atoms with Crippen LogP contribution < -0.4 is 10.2 Å². The summed E-state index contributed by atoms with van der Waals surface area (Å²) in [7, 11) is 0. The van der Waals surface area contributed by atoms with Gasteiger partial charge >= 0.3 is 0 Å². The fourth-order valence-corrected chi connectivity index (χ4v) is 3.03. The maximum atomic E-state index is 12.1. The Morgan fingerprint density at radius 3 is 2.70 bits per heavy atom. The first kappa shape index (κ1) is 19.4. The van der Waals surface area contributed by atoms with Crippen LogP contribution in [0.25, 0.3) is 0 Å². The molecule has 0 radical (unpaired) electrons. The molecular formula is C20H22BrN3O3. The number of hydrogen-bond donors (Lipinski definition) is 1. The summed E-state index contributed by atoms with van der Waals surface area (Å²) in [4.78, 5) is 19.7. The predicted octanol–water partition coefficient (Wildman–Crippen LogP) is 3.66. The summed E-state index contributed by atoms with van der Waals surface area (Å²) in [5.41, 5.74) is 2.78. The van der Waals surface area contributed by atoms with E-state index in [2.05, 4.69) is 43.4 Å². The van der Waals surface area contributed by atoms with Crippen LogP contribution in [-0.4, -0.2) is 44.5 Å². The van der Waals surface area contributed by atoms with Gasteiger partial charge in [-0.05, 0) is 42.8 Å². The van der Waals surface area contributed by atoms with Crippen molar-refractivity contribution in [3.05, 3.63) is 58.6 Å². The van der Waals surface area contributed by atoms with Gasteiger partial charge in [-0.2, -0.15) is 0 Å². The average molecular weight is 432 g/mol. The Hall–Kier alpha value is -2.38. The molecule has 1 aliphatic heterocycles. The van der Waals surface area contributed by atoms with Crippen molar-refractivity contribution in [2.45, 2.75) is 13.0 Å². The number of morpholine rings is 1. The van der Waals surface area contributed by atoms with E-state index in [1.807, 2.05) is 36.4 Å². The molecule has 0 bridgehead atoms. The Labute approximate surface area is 167 Å². The Balaban J connectivity index is 1.49. The van der Waals surface area contributed by atoms with Gasteiger partial charge in [0, 0.05) is 28.9 Å². The highest BCUT2D eigenvalue weighted by Gasteiger charge is 2.14. The molecular weight excluding hydrogens is 410 g/mol. The second-order valence-corrected chi connectivity index (χ2v) is 7.09. The highest BCUT2D eigenvalue weighted by molar-refractivity contribution is 9.10. The van der Waals surface area contributed by atoms with Crippen molar-refractivity contribution < 1.29 is 14.4 Å². The van der Waals surface area contributed by atoms with Crippen LogP contribution in [0, 0.1) is 0 Å². The molecule has 0 aliphatic carbocycles. The van der Waals surface area contributed by atoms with Crippen molar-refractivity contribution in [2.24, 2.45) is 5.16 Å². The van der Waals surface area contributed by atoms with E-state index in [1.165, 1.54) is 0 Å². The van der Waals surface area contributed by atoms with Crippen molar-refractivity contribution in [1.29, 1.82) is 0 Å². The van der Waals surface area contributed by atoms with E-state index in [0.717, 1.165) is 42.0 Å². The molecule has 0 aromatic heterocycles. The van der Waals surface area contributed by atoms with Crippen molar-refractivity contribution in [3.63, 3.8) is 0 Å². The summed E-state index contributed by atoms with van der Waals surface area (Å²) in [6, 6.07) is 15.4. The summed E-state index contributed by atoms with van der Waals surface area (Å²) >= 11 is 3.37. The van der Waals surface area contributed by atoms with Gasteiger partial charge in [0.15, 0.2) is 0 Å². The molecule has 0 spiro atoms. The number of nitrogens with one attached hydrogen (secondary N) is 1. The number of rotatable bonds is 6. The van der Waals surface area contributed by atoms with Crippen LogP contribution in [-0.2, 0) is 14.4 Å². The second kappa shape index (κ2) is 9.53. The van der Waals surface area contributed by atoms with E-state index < -0.39 is 6.10 Å². The first-order valence-electron chi connectivity index (χ1n) is 8.80. The third-order valence-corrected chi connectivity index (χ3v) is 4.64. The monoisotopic (exact) mass is 431 g/mol. The van der Waals surface area contributed by atoms with Crippen LogP contribution in [0.15, 0.2) is 58.2 Å². The molecule has 7 heteroatoms. The molecule has 1 unspecified atom stereocenters. The van der Waals surface area contributed by atoms with Crippen LogP contribution in [0.5, 0.6) is 0 Å². The van der Waals surface area contributed by atoms with Crippen molar-refractivity contribution in [2.75, 3.05) is 36.5 Å². The van der Waals surface area contributed by atoms with Gasteiger partial charge < -0.3 is 19.8 Å². The number of ether oxygens (including phenoxy) is 1. The SMILES string of the molecule is CC(O/N=C/c1ccc(N2CCOCC2)cc1)C(=O)Nc1cccc(Br)c1. The van der Waals surface area contributed by atoms with Crippen LogP contribution in [0.1, 0.15) is 12.5 Å². The van der Waals surface area contributed by atoms with Crippen molar-refractivity contribution in [3.8, 4) is 0 Å². The van der Waals surface area contributed by atoms with Crippen LogP contribution in [0.3, 0.4) is 0 Å². The number of nitrogens with zero attached hydrogens (tertiary/aromatic N) is 2. The standard InChI is InChI=1S/C20H22BrN3O3/c1-15(20(25)23-18-4-2-3-17(21)13-18)27-22-14-16-5-7-19(8-6-16)24-9-11-26-12-10-24/h2-8,13-15H,9-12H2,1H3,(H,23,25)/b22-14+. The Kier molecular flexibility index (Phi) is 6.84. The minimum atomic E-state index is -0.701. The average Bonchev–Trinajstić information content (AvgIpc) is 2.69. The molecule has 1 aliphatic rings. The van der Waals surface area contributed by atoms with E-state index >= 15 is 0 Å². The third kappa shape index (κ3) is 5.80. The van der Waals surface area contributed by atoms with Crippen molar-refractivity contribution in [1.82, 2.24) is 0 Å². The minimum absolute atomic E-state index is 0.257. The first-order valence-corrected chi connectivity index (χ1v) is 9.59. The number of hydrogen-bond acceptors (Lipinski definition) is 5. The molecule has 2 aromatic rings. The number of amides is 1. The quantitative estimate of drug-likeness (QED) is 0.559. The maximum absolute atomic E-state index is 12.1. The van der Waals surface area contributed by atoms with E-state index in [0.29, 0.717) is 5.69 Å². The molecule has 0 saturated carbocycles. The predicted molar refractivity (Wildman–Crippen MR) is 110 cm³/mol. The van der Waals surface area contributed by atoms with E-state index in [-0.39, 0.29) is 5.91 Å². The lowest BCUT2D eigenvalue weighted by atomic mass is 10.2. The van der Waals surface area contributed by atoms with Crippen LogP contribution in [0.2, 0.25) is 0 Å². The number of oxime groups is 1. The van der Waals surface area contributed by atoms with Crippen molar-refractivity contribution >= 4 is 39.4 Å². The van der Waals surface area contributed by atoms with Gasteiger partial charge in [0.25, 0.3) is 5.91 Å².